The number of carbonyl (C=O) groups excluding carboxylic acids is 1. The lowest BCUT2D eigenvalue weighted by Gasteiger charge is -2.27. The van der Waals surface area contributed by atoms with Crippen molar-refractivity contribution in [3.8, 4) is 23.0 Å². The highest BCUT2D eigenvalue weighted by Gasteiger charge is 2.41. The van der Waals surface area contributed by atoms with Crippen molar-refractivity contribution in [1.29, 1.82) is 0 Å². The first-order valence-electron chi connectivity index (χ1n) is 10.5. The molecule has 3 heterocycles. The largest absolute Gasteiger partial charge is 0.496 e. The molecule has 2 atom stereocenters. The SMILES string of the molecule is COCc1c(C(=O)N2CC3CCC2C3)cnn1-c1nccc(-c2ccccc2OC)n1. The number of ether oxygens (including phenoxy) is 2. The summed E-state index contributed by atoms with van der Waals surface area (Å²) in [6.45, 7) is 1.08. The summed E-state index contributed by atoms with van der Waals surface area (Å²) in [5.41, 5.74) is 2.79. The van der Waals surface area contributed by atoms with Crippen LogP contribution < -0.4 is 4.74 Å². The Labute approximate surface area is 180 Å². The second kappa shape index (κ2) is 8.11. The second-order valence-electron chi connectivity index (χ2n) is 8.08. The van der Waals surface area contributed by atoms with E-state index in [0.717, 1.165) is 30.7 Å². The number of para-hydroxylation sites is 1. The molecule has 2 bridgehead atoms. The van der Waals surface area contributed by atoms with Crippen molar-refractivity contribution in [3.05, 3.63) is 54.0 Å². The van der Waals surface area contributed by atoms with Crippen LogP contribution >= 0.6 is 0 Å². The second-order valence-corrected chi connectivity index (χ2v) is 8.08. The summed E-state index contributed by atoms with van der Waals surface area (Å²) in [5.74, 6) is 1.77. The quantitative estimate of drug-likeness (QED) is 0.611. The highest BCUT2D eigenvalue weighted by atomic mass is 16.5. The number of rotatable bonds is 6. The number of nitrogens with zero attached hydrogens (tertiary/aromatic N) is 5. The number of amides is 1. The van der Waals surface area contributed by atoms with Crippen molar-refractivity contribution in [2.75, 3.05) is 20.8 Å². The molecule has 2 unspecified atom stereocenters. The third kappa shape index (κ3) is 3.46. The Kier molecular flexibility index (Phi) is 5.15. The zero-order valence-electron chi connectivity index (χ0n) is 17.7. The summed E-state index contributed by atoms with van der Waals surface area (Å²) in [5, 5.41) is 4.47. The van der Waals surface area contributed by atoms with Crippen LogP contribution in [-0.4, -0.2) is 57.4 Å². The zero-order chi connectivity index (χ0) is 21.4. The van der Waals surface area contributed by atoms with Gasteiger partial charge in [-0.15, -0.1) is 0 Å². The molecule has 1 aromatic carbocycles. The first-order valence-corrected chi connectivity index (χ1v) is 10.5. The predicted molar refractivity (Wildman–Crippen MR) is 114 cm³/mol. The topological polar surface area (TPSA) is 82.4 Å². The van der Waals surface area contributed by atoms with Gasteiger partial charge in [0, 0.05) is 31.5 Å². The standard InChI is InChI=1S/C23H25N5O3/c1-30-14-20-18(22(29)27-13-15-7-8-16(27)11-15)12-25-28(20)23-24-10-9-19(26-23)17-5-3-4-6-21(17)31-2/h3-6,9-10,12,15-16H,7-8,11,13-14H2,1-2H3. The molecular formula is C23H25N5O3. The molecule has 160 valence electrons. The Morgan fingerprint density at radius 3 is 2.81 bits per heavy atom. The summed E-state index contributed by atoms with van der Waals surface area (Å²) in [6.07, 6.45) is 6.73. The van der Waals surface area contributed by atoms with E-state index < -0.39 is 0 Å². The summed E-state index contributed by atoms with van der Waals surface area (Å²) < 4.78 is 12.5. The van der Waals surface area contributed by atoms with Gasteiger partial charge in [0.15, 0.2) is 0 Å². The van der Waals surface area contributed by atoms with E-state index in [0.29, 0.717) is 34.9 Å². The molecule has 5 rings (SSSR count). The lowest BCUT2D eigenvalue weighted by molar-refractivity contribution is 0.0698. The van der Waals surface area contributed by atoms with Gasteiger partial charge in [0.25, 0.3) is 11.9 Å². The molecule has 8 nitrogen and oxygen atoms in total. The number of benzene rings is 1. The Hall–Kier alpha value is -3.26. The van der Waals surface area contributed by atoms with Crippen LogP contribution in [-0.2, 0) is 11.3 Å². The number of likely N-dealkylation sites (tertiary alicyclic amines) is 1. The van der Waals surface area contributed by atoms with E-state index in [1.54, 1.807) is 31.3 Å². The molecule has 3 aromatic rings. The first-order chi connectivity index (χ1) is 15.2. The Balaban J connectivity index is 1.52. The Morgan fingerprint density at radius 1 is 1.19 bits per heavy atom. The maximum atomic E-state index is 13.3. The molecule has 1 amide bonds. The number of piperidine rings is 1. The molecular weight excluding hydrogens is 394 g/mol. The van der Waals surface area contributed by atoms with Crippen LogP contribution in [0.4, 0.5) is 0 Å². The van der Waals surface area contributed by atoms with Crippen LogP contribution in [0, 0.1) is 5.92 Å². The monoisotopic (exact) mass is 419 g/mol. The average Bonchev–Trinajstić information content (AvgIpc) is 3.55. The van der Waals surface area contributed by atoms with Gasteiger partial charge in [0.05, 0.1) is 36.9 Å². The number of hydrogen-bond donors (Lipinski definition) is 0. The van der Waals surface area contributed by atoms with Gasteiger partial charge in [-0.25, -0.2) is 9.97 Å². The lowest BCUT2D eigenvalue weighted by atomic mass is 10.1. The molecule has 1 saturated heterocycles. The van der Waals surface area contributed by atoms with E-state index >= 15 is 0 Å². The van der Waals surface area contributed by atoms with E-state index in [4.69, 9.17) is 14.5 Å². The fourth-order valence-electron chi connectivity index (χ4n) is 4.79. The van der Waals surface area contributed by atoms with Crippen LogP contribution in [0.5, 0.6) is 5.75 Å². The molecule has 0 radical (unpaired) electrons. The minimum atomic E-state index is 0.0198. The normalized spacial score (nSPS) is 19.7. The zero-order valence-corrected chi connectivity index (χ0v) is 17.7. The van der Waals surface area contributed by atoms with Crippen LogP contribution in [0.2, 0.25) is 0 Å². The highest BCUT2D eigenvalue weighted by Crippen LogP contribution is 2.38. The van der Waals surface area contributed by atoms with Gasteiger partial charge in [-0.3, -0.25) is 4.79 Å². The molecule has 2 fully saturated rings. The molecule has 1 aliphatic heterocycles. The molecule has 2 aliphatic rings. The Morgan fingerprint density at radius 2 is 2.06 bits per heavy atom. The van der Waals surface area contributed by atoms with E-state index in [2.05, 4.69) is 10.1 Å². The van der Waals surface area contributed by atoms with E-state index in [1.165, 1.54) is 6.42 Å². The van der Waals surface area contributed by atoms with Gasteiger partial charge in [-0.05, 0) is 43.4 Å². The predicted octanol–water partition coefficient (Wildman–Crippen LogP) is 3.11. The lowest BCUT2D eigenvalue weighted by Crippen LogP contribution is -2.38. The van der Waals surface area contributed by atoms with Gasteiger partial charge in [-0.1, -0.05) is 12.1 Å². The maximum absolute atomic E-state index is 13.3. The fraction of sp³-hybridized carbons (Fsp3) is 0.391. The van der Waals surface area contributed by atoms with Crippen molar-refractivity contribution in [3.63, 3.8) is 0 Å². The third-order valence-electron chi connectivity index (χ3n) is 6.27. The van der Waals surface area contributed by atoms with Crippen LogP contribution in [0.25, 0.3) is 17.2 Å². The molecule has 8 heteroatoms. The minimum absolute atomic E-state index is 0.0198. The summed E-state index contributed by atoms with van der Waals surface area (Å²) in [4.78, 5) is 24.4. The van der Waals surface area contributed by atoms with Crippen molar-refractivity contribution in [2.24, 2.45) is 5.92 Å². The van der Waals surface area contributed by atoms with Crippen molar-refractivity contribution in [2.45, 2.75) is 31.9 Å². The molecule has 1 saturated carbocycles. The Bertz CT molecular complexity index is 1110. The number of aromatic nitrogens is 4. The van der Waals surface area contributed by atoms with Gasteiger partial charge >= 0.3 is 0 Å². The smallest absolute Gasteiger partial charge is 0.257 e. The van der Waals surface area contributed by atoms with Crippen molar-refractivity contribution < 1.29 is 14.3 Å². The minimum Gasteiger partial charge on any atom is -0.496 e. The van der Waals surface area contributed by atoms with E-state index in [-0.39, 0.29) is 12.5 Å². The number of carbonyl (C=O) groups is 1. The van der Waals surface area contributed by atoms with E-state index in [1.807, 2.05) is 35.2 Å². The van der Waals surface area contributed by atoms with Gasteiger partial charge in [0.1, 0.15) is 5.75 Å². The first kappa shape index (κ1) is 19.7. The fourth-order valence-corrected chi connectivity index (χ4v) is 4.79. The van der Waals surface area contributed by atoms with Crippen molar-refractivity contribution in [1.82, 2.24) is 24.6 Å². The van der Waals surface area contributed by atoms with Gasteiger partial charge in [-0.2, -0.15) is 9.78 Å². The third-order valence-corrected chi connectivity index (χ3v) is 6.27. The summed E-state index contributed by atoms with van der Waals surface area (Å²) in [7, 11) is 3.24. The number of fused-ring (bicyclic) bond motifs is 2. The van der Waals surface area contributed by atoms with Gasteiger partial charge < -0.3 is 14.4 Å². The highest BCUT2D eigenvalue weighted by molar-refractivity contribution is 5.95. The molecule has 1 aliphatic carbocycles. The molecule has 31 heavy (non-hydrogen) atoms. The molecule has 0 N–H and O–H groups in total. The molecule has 2 aromatic heterocycles. The number of hydrogen-bond acceptors (Lipinski definition) is 6. The number of methoxy groups -OCH3 is 2. The van der Waals surface area contributed by atoms with Gasteiger partial charge in [0.2, 0.25) is 0 Å². The van der Waals surface area contributed by atoms with E-state index in [9.17, 15) is 4.79 Å². The van der Waals surface area contributed by atoms with Crippen LogP contribution in [0.3, 0.4) is 0 Å². The summed E-state index contributed by atoms with van der Waals surface area (Å²) in [6, 6.07) is 9.86. The molecule has 0 spiro atoms. The van der Waals surface area contributed by atoms with Crippen LogP contribution in [0.15, 0.2) is 42.7 Å². The average molecular weight is 419 g/mol. The maximum Gasteiger partial charge on any atom is 0.257 e. The van der Waals surface area contributed by atoms with Crippen molar-refractivity contribution >= 4 is 5.91 Å². The summed E-state index contributed by atoms with van der Waals surface area (Å²) >= 11 is 0. The van der Waals surface area contributed by atoms with Crippen LogP contribution in [0.1, 0.15) is 35.3 Å².